The number of aryl methyl sites for hydroxylation is 1. The van der Waals surface area contributed by atoms with Crippen LogP contribution in [0.15, 0.2) is 69.3 Å². The summed E-state index contributed by atoms with van der Waals surface area (Å²) in [6, 6.07) is 14.2. The molecule has 0 amide bonds. The molecule has 7 nitrogen and oxygen atoms in total. The van der Waals surface area contributed by atoms with Crippen molar-refractivity contribution in [2.24, 2.45) is 0 Å². The second-order valence-corrected chi connectivity index (χ2v) is 6.52. The van der Waals surface area contributed by atoms with E-state index in [1.807, 2.05) is 31.2 Å². The van der Waals surface area contributed by atoms with Crippen LogP contribution in [-0.4, -0.2) is 20.1 Å². The lowest BCUT2D eigenvalue weighted by molar-refractivity contribution is -0.383. The Morgan fingerprint density at radius 1 is 1.08 bits per heavy atom. The van der Waals surface area contributed by atoms with E-state index in [1.54, 1.807) is 24.4 Å². The number of pyridine rings is 1. The van der Waals surface area contributed by atoms with Gasteiger partial charge in [-0.15, -0.1) is 10.2 Å². The van der Waals surface area contributed by atoms with Gasteiger partial charge in [0.2, 0.25) is 5.89 Å². The third-order valence-electron chi connectivity index (χ3n) is 3.89. The van der Waals surface area contributed by atoms with E-state index in [0.29, 0.717) is 26.9 Å². The molecule has 128 valence electrons. The molecular formula is C18H12N4O3S. The highest BCUT2D eigenvalue weighted by Crippen LogP contribution is 2.36. The van der Waals surface area contributed by atoms with E-state index in [2.05, 4.69) is 15.2 Å². The summed E-state index contributed by atoms with van der Waals surface area (Å²) in [5.41, 5.74) is 2.46. The summed E-state index contributed by atoms with van der Waals surface area (Å²) in [7, 11) is 0. The molecule has 0 N–H and O–H groups in total. The minimum atomic E-state index is -0.415. The molecule has 2 heterocycles. The van der Waals surface area contributed by atoms with Gasteiger partial charge in [-0.1, -0.05) is 18.2 Å². The quantitative estimate of drug-likeness (QED) is 0.384. The number of fused-ring (bicyclic) bond motifs is 1. The van der Waals surface area contributed by atoms with Crippen molar-refractivity contribution in [1.82, 2.24) is 15.2 Å². The molecule has 26 heavy (non-hydrogen) atoms. The van der Waals surface area contributed by atoms with Gasteiger partial charge in [0.05, 0.1) is 15.8 Å². The number of nitrogens with zero attached hydrogens (tertiary/aromatic N) is 4. The Kier molecular flexibility index (Phi) is 4.10. The normalized spacial score (nSPS) is 11.0. The summed E-state index contributed by atoms with van der Waals surface area (Å²) in [6.07, 6.45) is 1.60. The van der Waals surface area contributed by atoms with Crippen molar-refractivity contribution in [1.29, 1.82) is 0 Å². The van der Waals surface area contributed by atoms with Gasteiger partial charge in [-0.05, 0) is 48.5 Å². The summed E-state index contributed by atoms with van der Waals surface area (Å²) in [4.78, 5) is 15.8. The van der Waals surface area contributed by atoms with E-state index < -0.39 is 4.92 Å². The largest absolute Gasteiger partial charge is 0.411 e. The van der Waals surface area contributed by atoms with E-state index in [4.69, 9.17) is 4.42 Å². The highest BCUT2D eigenvalue weighted by atomic mass is 32.2. The number of rotatable bonds is 4. The number of hydrogen-bond donors (Lipinski definition) is 0. The molecule has 0 fully saturated rings. The Hall–Kier alpha value is -3.26. The highest BCUT2D eigenvalue weighted by Gasteiger charge is 2.18. The third kappa shape index (κ3) is 2.91. The molecule has 0 radical (unpaired) electrons. The van der Waals surface area contributed by atoms with E-state index in [1.165, 1.54) is 17.8 Å². The SMILES string of the molecule is Cc1ccccc1-c1nnc(Sc2ccc([N+](=O)[O-])c3cccnc23)o1. The maximum Gasteiger partial charge on any atom is 0.281 e. The van der Waals surface area contributed by atoms with Crippen LogP contribution in [0.3, 0.4) is 0 Å². The lowest BCUT2D eigenvalue weighted by Crippen LogP contribution is -1.91. The molecule has 0 atom stereocenters. The summed E-state index contributed by atoms with van der Waals surface area (Å²) < 4.78 is 5.76. The first-order valence-corrected chi connectivity index (χ1v) is 8.54. The Morgan fingerprint density at radius 2 is 1.92 bits per heavy atom. The molecule has 2 aromatic heterocycles. The Bertz CT molecular complexity index is 1130. The molecular weight excluding hydrogens is 352 g/mol. The average molecular weight is 364 g/mol. The van der Waals surface area contributed by atoms with Crippen molar-refractivity contribution in [3.63, 3.8) is 0 Å². The van der Waals surface area contributed by atoms with Gasteiger partial charge >= 0.3 is 0 Å². The molecule has 8 heteroatoms. The van der Waals surface area contributed by atoms with Crippen LogP contribution in [0.1, 0.15) is 5.56 Å². The number of non-ortho nitro benzene ring substituents is 1. The van der Waals surface area contributed by atoms with E-state index in [0.717, 1.165) is 11.1 Å². The number of aromatic nitrogens is 3. The molecule has 4 aromatic rings. The van der Waals surface area contributed by atoms with Crippen LogP contribution in [0, 0.1) is 17.0 Å². The van der Waals surface area contributed by atoms with Crippen molar-refractivity contribution in [3.8, 4) is 11.5 Å². The second-order valence-electron chi connectivity index (χ2n) is 5.53. The number of benzene rings is 2. The van der Waals surface area contributed by atoms with Crippen LogP contribution in [0.25, 0.3) is 22.4 Å². The maximum atomic E-state index is 11.2. The molecule has 0 aliphatic heterocycles. The maximum absolute atomic E-state index is 11.2. The fourth-order valence-electron chi connectivity index (χ4n) is 2.64. The first kappa shape index (κ1) is 16.2. The summed E-state index contributed by atoms with van der Waals surface area (Å²) in [6.45, 7) is 1.97. The lowest BCUT2D eigenvalue weighted by Gasteiger charge is -2.03. The van der Waals surface area contributed by atoms with Gasteiger partial charge in [-0.3, -0.25) is 15.1 Å². The van der Waals surface area contributed by atoms with Crippen LogP contribution in [0.4, 0.5) is 5.69 Å². The minimum Gasteiger partial charge on any atom is -0.411 e. The zero-order chi connectivity index (χ0) is 18.1. The minimum absolute atomic E-state index is 0.0172. The molecule has 0 saturated carbocycles. The summed E-state index contributed by atoms with van der Waals surface area (Å²) >= 11 is 1.23. The summed E-state index contributed by atoms with van der Waals surface area (Å²) in [5, 5.41) is 20.2. The zero-order valence-electron chi connectivity index (χ0n) is 13.6. The molecule has 2 aromatic carbocycles. The molecule has 0 aliphatic rings. The smallest absolute Gasteiger partial charge is 0.281 e. The molecule has 0 aliphatic carbocycles. The van der Waals surface area contributed by atoms with E-state index in [-0.39, 0.29) is 5.69 Å². The van der Waals surface area contributed by atoms with Gasteiger partial charge in [0.15, 0.2) is 0 Å². The number of nitro benzene ring substituents is 1. The van der Waals surface area contributed by atoms with Crippen molar-refractivity contribution in [2.75, 3.05) is 0 Å². The van der Waals surface area contributed by atoms with Crippen LogP contribution in [0.2, 0.25) is 0 Å². The van der Waals surface area contributed by atoms with E-state index in [9.17, 15) is 10.1 Å². The molecule has 0 unspecified atom stereocenters. The predicted molar refractivity (Wildman–Crippen MR) is 97.0 cm³/mol. The molecule has 4 rings (SSSR count). The fourth-order valence-corrected chi connectivity index (χ4v) is 3.43. The van der Waals surface area contributed by atoms with Gasteiger partial charge in [0.25, 0.3) is 10.9 Å². The Balaban J connectivity index is 1.72. The molecule has 0 spiro atoms. The fraction of sp³-hybridized carbons (Fsp3) is 0.0556. The number of nitro groups is 1. The average Bonchev–Trinajstić information content (AvgIpc) is 3.10. The van der Waals surface area contributed by atoms with Crippen LogP contribution >= 0.6 is 11.8 Å². The van der Waals surface area contributed by atoms with Crippen LogP contribution < -0.4 is 0 Å². The first-order valence-electron chi connectivity index (χ1n) is 7.73. The second kappa shape index (κ2) is 6.57. The Labute approximate surface area is 152 Å². The monoisotopic (exact) mass is 364 g/mol. The Morgan fingerprint density at radius 3 is 2.73 bits per heavy atom. The van der Waals surface area contributed by atoms with Crippen molar-refractivity contribution < 1.29 is 9.34 Å². The van der Waals surface area contributed by atoms with E-state index >= 15 is 0 Å². The number of hydrogen-bond acceptors (Lipinski definition) is 7. The van der Waals surface area contributed by atoms with Crippen molar-refractivity contribution >= 4 is 28.4 Å². The van der Waals surface area contributed by atoms with Gasteiger partial charge in [0, 0.05) is 22.7 Å². The highest BCUT2D eigenvalue weighted by molar-refractivity contribution is 7.99. The van der Waals surface area contributed by atoms with Crippen LogP contribution in [-0.2, 0) is 0 Å². The third-order valence-corrected chi connectivity index (χ3v) is 4.77. The topological polar surface area (TPSA) is 95.0 Å². The van der Waals surface area contributed by atoms with Crippen LogP contribution in [0.5, 0.6) is 0 Å². The lowest BCUT2D eigenvalue weighted by atomic mass is 10.1. The van der Waals surface area contributed by atoms with Gasteiger partial charge in [0.1, 0.15) is 0 Å². The van der Waals surface area contributed by atoms with Crippen molar-refractivity contribution in [3.05, 3.63) is 70.4 Å². The first-order chi connectivity index (χ1) is 12.6. The van der Waals surface area contributed by atoms with Crippen molar-refractivity contribution in [2.45, 2.75) is 17.0 Å². The zero-order valence-corrected chi connectivity index (χ0v) is 14.4. The van der Waals surface area contributed by atoms with Gasteiger partial charge in [-0.25, -0.2) is 0 Å². The standard InChI is InChI=1S/C18H12N4O3S/c1-11-5-2-3-6-12(11)17-20-21-18(25-17)26-15-9-8-14(22(23)24)13-7-4-10-19-16(13)15/h2-10H,1H3. The predicted octanol–water partition coefficient (Wildman–Crippen LogP) is 4.65. The summed E-state index contributed by atoms with van der Waals surface area (Å²) in [5.74, 6) is 0.435. The van der Waals surface area contributed by atoms with Gasteiger partial charge in [-0.2, -0.15) is 0 Å². The molecule has 0 saturated heterocycles. The molecule has 0 bridgehead atoms. The van der Waals surface area contributed by atoms with Gasteiger partial charge < -0.3 is 4.42 Å².